The first kappa shape index (κ1) is 17.2. The van der Waals surface area contributed by atoms with Crippen molar-refractivity contribution in [2.24, 2.45) is 5.92 Å². The summed E-state index contributed by atoms with van der Waals surface area (Å²) in [6.07, 6.45) is 7.69. The largest absolute Gasteiger partial charge is 0.336 e. The standard InChI is InChI=1S/C19H28N4OS/c1-2-7-23-17-6-5-15(20-13-14-3-4-14)12-16(17)18(21-23)19(24)22-8-10-25-11-9-22/h2,14-15,20H,1,3-13H2/t15-/m0/s1. The van der Waals surface area contributed by atoms with Crippen LogP contribution in [0.4, 0.5) is 0 Å². The number of aromatic nitrogens is 2. The van der Waals surface area contributed by atoms with E-state index < -0.39 is 0 Å². The van der Waals surface area contributed by atoms with Crippen molar-refractivity contribution in [1.29, 1.82) is 0 Å². The summed E-state index contributed by atoms with van der Waals surface area (Å²) in [5.74, 6) is 3.08. The number of carbonyl (C=O) groups excluding carboxylic acids is 1. The molecule has 5 nitrogen and oxygen atoms in total. The highest BCUT2D eigenvalue weighted by Crippen LogP contribution is 2.30. The Morgan fingerprint density at radius 2 is 2.12 bits per heavy atom. The molecule has 0 spiro atoms. The quantitative estimate of drug-likeness (QED) is 0.790. The Bertz CT molecular complexity index is 646. The highest BCUT2D eigenvalue weighted by Gasteiger charge is 2.32. The smallest absolute Gasteiger partial charge is 0.274 e. The molecule has 1 aromatic rings. The number of nitrogens with zero attached hydrogens (tertiary/aromatic N) is 3. The van der Waals surface area contributed by atoms with Crippen LogP contribution in [0.25, 0.3) is 0 Å². The second kappa shape index (κ2) is 7.54. The fourth-order valence-electron chi connectivity index (χ4n) is 3.88. The second-order valence-electron chi connectivity index (χ2n) is 7.44. The molecular formula is C19H28N4OS. The number of fused-ring (bicyclic) bond motifs is 1. The summed E-state index contributed by atoms with van der Waals surface area (Å²) in [6, 6.07) is 0.484. The van der Waals surface area contributed by atoms with Crippen molar-refractivity contribution in [1.82, 2.24) is 20.0 Å². The Balaban J connectivity index is 1.55. The maximum Gasteiger partial charge on any atom is 0.274 e. The van der Waals surface area contributed by atoms with E-state index in [4.69, 9.17) is 5.10 Å². The lowest BCUT2D eigenvalue weighted by molar-refractivity contribution is 0.0764. The molecule has 0 bridgehead atoms. The van der Waals surface area contributed by atoms with Gasteiger partial charge in [-0.15, -0.1) is 6.58 Å². The summed E-state index contributed by atoms with van der Waals surface area (Å²) in [7, 11) is 0. The van der Waals surface area contributed by atoms with Gasteiger partial charge in [-0.25, -0.2) is 0 Å². The van der Waals surface area contributed by atoms with Crippen LogP contribution in [0.5, 0.6) is 0 Å². The number of hydrogen-bond donors (Lipinski definition) is 1. The van der Waals surface area contributed by atoms with Gasteiger partial charge in [-0.1, -0.05) is 6.08 Å². The predicted octanol–water partition coefficient (Wildman–Crippen LogP) is 2.11. The summed E-state index contributed by atoms with van der Waals surface area (Å²) < 4.78 is 2.01. The topological polar surface area (TPSA) is 50.2 Å². The van der Waals surface area contributed by atoms with Crippen LogP contribution in [0.15, 0.2) is 12.7 Å². The number of nitrogens with one attached hydrogen (secondary N) is 1. The van der Waals surface area contributed by atoms with Gasteiger partial charge in [0.25, 0.3) is 5.91 Å². The predicted molar refractivity (Wildman–Crippen MR) is 102 cm³/mol. The Labute approximate surface area is 154 Å². The minimum absolute atomic E-state index is 0.127. The summed E-state index contributed by atoms with van der Waals surface area (Å²) in [5.41, 5.74) is 3.13. The van der Waals surface area contributed by atoms with Gasteiger partial charge in [0.1, 0.15) is 0 Å². The molecule has 6 heteroatoms. The summed E-state index contributed by atoms with van der Waals surface area (Å²) >= 11 is 1.93. The van der Waals surface area contributed by atoms with Crippen LogP contribution in [0, 0.1) is 5.92 Å². The van der Waals surface area contributed by atoms with Crippen molar-refractivity contribution >= 4 is 17.7 Å². The Morgan fingerprint density at radius 1 is 1.32 bits per heavy atom. The van der Waals surface area contributed by atoms with Crippen LogP contribution in [-0.2, 0) is 19.4 Å². The molecule has 1 aromatic heterocycles. The van der Waals surface area contributed by atoms with Gasteiger partial charge >= 0.3 is 0 Å². The molecular weight excluding hydrogens is 332 g/mol. The number of rotatable bonds is 6. The fraction of sp³-hybridized carbons (Fsp3) is 0.684. The second-order valence-corrected chi connectivity index (χ2v) is 8.67. The van der Waals surface area contributed by atoms with Gasteiger partial charge in [0, 0.05) is 41.9 Å². The van der Waals surface area contributed by atoms with Gasteiger partial charge in [0.05, 0.1) is 6.54 Å². The van der Waals surface area contributed by atoms with Crippen LogP contribution in [0.3, 0.4) is 0 Å². The van der Waals surface area contributed by atoms with Crippen molar-refractivity contribution < 1.29 is 4.79 Å². The zero-order chi connectivity index (χ0) is 17.2. The molecule has 2 aliphatic carbocycles. The van der Waals surface area contributed by atoms with E-state index in [1.165, 1.54) is 24.1 Å². The van der Waals surface area contributed by atoms with Gasteiger partial charge in [-0.05, 0) is 44.6 Å². The molecule has 1 saturated heterocycles. The SMILES string of the molecule is C=CCn1nc(C(=O)N2CCSCC2)c2c1CC[C@H](NCC1CC1)C2. The average molecular weight is 361 g/mol. The van der Waals surface area contributed by atoms with E-state index in [1.54, 1.807) is 0 Å². The molecule has 0 radical (unpaired) electrons. The van der Waals surface area contributed by atoms with E-state index in [9.17, 15) is 4.79 Å². The van der Waals surface area contributed by atoms with Crippen LogP contribution in [-0.4, -0.2) is 57.8 Å². The number of hydrogen-bond acceptors (Lipinski definition) is 4. The minimum Gasteiger partial charge on any atom is -0.336 e. The summed E-state index contributed by atoms with van der Waals surface area (Å²) in [5, 5.41) is 8.44. The first-order chi connectivity index (χ1) is 12.3. The normalized spacial score (nSPS) is 23.4. The van der Waals surface area contributed by atoms with Gasteiger partial charge in [-0.3, -0.25) is 9.48 Å². The third-order valence-corrected chi connectivity index (χ3v) is 6.48. The fourth-order valence-corrected chi connectivity index (χ4v) is 4.78. The average Bonchev–Trinajstić information content (AvgIpc) is 3.42. The highest BCUT2D eigenvalue weighted by atomic mass is 32.2. The maximum absolute atomic E-state index is 13.1. The number of allylic oxidation sites excluding steroid dienone is 1. The van der Waals surface area contributed by atoms with Crippen LogP contribution in [0.2, 0.25) is 0 Å². The molecule has 1 amide bonds. The lowest BCUT2D eigenvalue weighted by atomic mass is 9.91. The monoisotopic (exact) mass is 360 g/mol. The first-order valence-electron chi connectivity index (χ1n) is 9.56. The highest BCUT2D eigenvalue weighted by molar-refractivity contribution is 7.99. The lowest BCUT2D eigenvalue weighted by Crippen LogP contribution is -2.40. The van der Waals surface area contributed by atoms with Crippen molar-refractivity contribution in [2.45, 2.75) is 44.7 Å². The van der Waals surface area contributed by atoms with Gasteiger partial charge in [0.15, 0.2) is 5.69 Å². The van der Waals surface area contributed by atoms with E-state index in [2.05, 4.69) is 11.9 Å². The molecule has 136 valence electrons. The number of carbonyl (C=O) groups is 1. The molecule has 0 unspecified atom stereocenters. The summed E-state index contributed by atoms with van der Waals surface area (Å²) in [4.78, 5) is 15.1. The van der Waals surface area contributed by atoms with E-state index >= 15 is 0 Å². The zero-order valence-electron chi connectivity index (χ0n) is 14.9. The molecule has 3 aliphatic rings. The molecule has 1 atom stereocenters. The van der Waals surface area contributed by atoms with E-state index in [1.807, 2.05) is 27.4 Å². The third-order valence-electron chi connectivity index (χ3n) is 5.54. The maximum atomic E-state index is 13.1. The molecule has 1 saturated carbocycles. The third kappa shape index (κ3) is 3.80. The van der Waals surface area contributed by atoms with Crippen LogP contribution >= 0.6 is 11.8 Å². The summed E-state index contributed by atoms with van der Waals surface area (Å²) in [6.45, 7) is 7.35. The molecule has 2 fully saturated rings. The Morgan fingerprint density at radius 3 is 2.84 bits per heavy atom. The lowest BCUT2D eigenvalue weighted by Gasteiger charge is -2.27. The molecule has 4 rings (SSSR count). The molecule has 0 aromatic carbocycles. The molecule has 25 heavy (non-hydrogen) atoms. The molecule has 1 N–H and O–H groups in total. The van der Waals surface area contributed by atoms with Gasteiger partial charge < -0.3 is 10.2 Å². The molecule has 1 aliphatic heterocycles. The van der Waals surface area contributed by atoms with Crippen molar-refractivity contribution in [3.8, 4) is 0 Å². The van der Waals surface area contributed by atoms with Crippen LogP contribution < -0.4 is 5.32 Å². The van der Waals surface area contributed by atoms with Crippen LogP contribution in [0.1, 0.15) is 41.0 Å². The van der Waals surface area contributed by atoms with Gasteiger partial charge in [0.2, 0.25) is 0 Å². The first-order valence-corrected chi connectivity index (χ1v) is 10.7. The number of amides is 1. The van der Waals surface area contributed by atoms with Crippen molar-refractivity contribution in [3.63, 3.8) is 0 Å². The van der Waals surface area contributed by atoms with Crippen molar-refractivity contribution in [3.05, 3.63) is 29.6 Å². The zero-order valence-corrected chi connectivity index (χ0v) is 15.7. The van der Waals surface area contributed by atoms with E-state index in [0.717, 1.165) is 56.3 Å². The number of thioether (sulfide) groups is 1. The Kier molecular flexibility index (Phi) is 5.17. The van der Waals surface area contributed by atoms with E-state index in [-0.39, 0.29) is 5.91 Å². The Hall–Kier alpha value is -1.27. The van der Waals surface area contributed by atoms with Crippen molar-refractivity contribution in [2.75, 3.05) is 31.1 Å². The minimum atomic E-state index is 0.127. The van der Waals surface area contributed by atoms with E-state index in [0.29, 0.717) is 18.3 Å². The molecule has 2 heterocycles. The van der Waals surface area contributed by atoms with Gasteiger partial charge in [-0.2, -0.15) is 16.9 Å².